The first-order valence-electron chi connectivity index (χ1n) is 9.38. The molecule has 2 N–H and O–H groups in total. The van der Waals surface area contributed by atoms with Crippen LogP contribution in [0.25, 0.3) is 0 Å². The van der Waals surface area contributed by atoms with Gasteiger partial charge in [0.1, 0.15) is 0 Å². The first-order chi connectivity index (χ1) is 13.4. The number of carboxylic acid groups (broad SMARTS) is 1. The van der Waals surface area contributed by atoms with E-state index < -0.39 is 5.97 Å². The Morgan fingerprint density at radius 2 is 1.86 bits per heavy atom. The van der Waals surface area contributed by atoms with Crippen LogP contribution in [0.3, 0.4) is 0 Å². The molecule has 0 aliphatic carbocycles. The van der Waals surface area contributed by atoms with Crippen molar-refractivity contribution in [3.05, 3.63) is 59.2 Å². The minimum atomic E-state index is -0.915. The number of ether oxygens (including phenoxy) is 1. The lowest BCUT2D eigenvalue weighted by Gasteiger charge is -2.25. The maximum Gasteiger partial charge on any atom is 0.305 e. The molecule has 1 aliphatic heterocycles. The number of nitrogens with one attached hydrogen (secondary N) is 1. The van der Waals surface area contributed by atoms with Gasteiger partial charge in [0.05, 0.1) is 23.8 Å². The van der Waals surface area contributed by atoms with Crippen molar-refractivity contribution >= 4 is 23.3 Å². The molecule has 0 spiro atoms. The van der Waals surface area contributed by atoms with Gasteiger partial charge in [0.15, 0.2) is 0 Å². The minimum absolute atomic E-state index is 0.0851. The van der Waals surface area contributed by atoms with Gasteiger partial charge < -0.3 is 20.1 Å². The topological polar surface area (TPSA) is 78.9 Å². The van der Waals surface area contributed by atoms with Crippen LogP contribution in [0.4, 0.5) is 11.4 Å². The number of nitrogens with zero attached hydrogens (tertiary/aromatic N) is 1. The number of aliphatic carboxylic acids is 1. The number of likely N-dealkylation sites (tertiary alicyclic amines) is 1. The molecule has 148 valence electrons. The standard InChI is InChI=1S/C22H26N2O4/c1-14-7-6-10-19(15(14)2)23-20-9-5-4-8-18(20)22(27)24-13-17(28-3)11-16(24)12-21(25)26/h4-10,16-17,23H,11-13H2,1-3H3,(H,25,26). The molecule has 1 heterocycles. The van der Waals surface area contributed by atoms with Crippen LogP contribution in [-0.2, 0) is 9.53 Å². The quantitative estimate of drug-likeness (QED) is 0.795. The number of para-hydroxylation sites is 1. The van der Waals surface area contributed by atoms with Gasteiger partial charge in [-0.05, 0) is 49.6 Å². The average molecular weight is 382 g/mol. The molecular weight excluding hydrogens is 356 g/mol. The van der Waals surface area contributed by atoms with E-state index in [4.69, 9.17) is 4.74 Å². The second-order valence-electron chi connectivity index (χ2n) is 7.22. The van der Waals surface area contributed by atoms with Gasteiger partial charge in [-0.15, -0.1) is 0 Å². The van der Waals surface area contributed by atoms with E-state index in [1.807, 2.05) is 50.2 Å². The zero-order valence-corrected chi connectivity index (χ0v) is 16.4. The minimum Gasteiger partial charge on any atom is -0.481 e. The van der Waals surface area contributed by atoms with Crippen molar-refractivity contribution in [1.29, 1.82) is 0 Å². The predicted octanol–water partition coefficient (Wildman–Crippen LogP) is 3.75. The predicted molar refractivity (Wildman–Crippen MR) is 108 cm³/mol. The summed E-state index contributed by atoms with van der Waals surface area (Å²) in [4.78, 5) is 26.2. The number of carbonyl (C=O) groups is 2. The van der Waals surface area contributed by atoms with E-state index in [0.29, 0.717) is 24.2 Å². The second kappa shape index (κ2) is 8.44. The number of methoxy groups -OCH3 is 1. The third-order valence-electron chi connectivity index (χ3n) is 5.41. The van der Waals surface area contributed by atoms with Crippen LogP contribution in [0.15, 0.2) is 42.5 Å². The SMILES string of the molecule is COC1CC(CC(=O)O)N(C(=O)c2ccccc2Nc2cccc(C)c2C)C1. The highest BCUT2D eigenvalue weighted by Crippen LogP contribution is 2.29. The van der Waals surface area contributed by atoms with E-state index in [1.54, 1.807) is 18.1 Å². The van der Waals surface area contributed by atoms with Gasteiger partial charge in [-0.1, -0.05) is 24.3 Å². The Morgan fingerprint density at radius 1 is 1.14 bits per heavy atom. The molecule has 1 amide bonds. The van der Waals surface area contributed by atoms with Crippen molar-refractivity contribution in [2.75, 3.05) is 19.0 Å². The highest BCUT2D eigenvalue weighted by atomic mass is 16.5. The molecule has 2 unspecified atom stereocenters. The van der Waals surface area contributed by atoms with Gasteiger partial charge in [0, 0.05) is 25.4 Å². The maximum absolute atomic E-state index is 13.3. The fourth-order valence-corrected chi connectivity index (χ4v) is 3.65. The number of rotatable bonds is 6. The summed E-state index contributed by atoms with van der Waals surface area (Å²) in [5.74, 6) is -1.10. The molecule has 2 aromatic rings. The Balaban J connectivity index is 1.90. The molecule has 2 atom stereocenters. The zero-order chi connectivity index (χ0) is 20.3. The molecule has 1 aliphatic rings. The van der Waals surface area contributed by atoms with Crippen LogP contribution in [0.2, 0.25) is 0 Å². The van der Waals surface area contributed by atoms with E-state index in [0.717, 1.165) is 16.8 Å². The molecule has 1 saturated heterocycles. The molecule has 6 nitrogen and oxygen atoms in total. The average Bonchev–Trinajstić information content (AvgIpc) is 3.07. The summed E-state index contributed by atoms with van der Waals surface area (Å²) in [7, 11) is 1.59. The molecule has 0 bridgehead atoms. The summed E-state index contributed by atoms with van der Waals surface area (Å²) in [5.41, 5.74) is 4.46. The lowest BCUT2D eigenvalue weighted by molar-refractivity contribution is -0.137. The molecular formula is C22H26N2O4. The molecule has 0 saturated carbocycles. The number of hydrogen-bond acceptors (Lipinski definition) is 4. The van der Waals surface area contributed by atoms with Crippen LogP contribution in [0.1, 0.15) is 34.3 Å². The molecule has 1 fully saturated rings. The van der Waals surface area contributed by atoms with Crippen molar-refractivity contribution in [3.8, 4) is 0 Å². The first kappa shape index (κ1) is 19.9. The Morgan fingerprint density at radius 3 is 2.57 bits per heavy atom. The number of benzene rings is 2. The number of carbonyl (C=O) groups excluding carboxylic acids is 1. The molecule has 0 aromatic heterocycles. The summed E-state index contributed by atoms with van der Waals surface area (Å²) in [6.07, 6.45) is 0.298. The number of anilines is 2. The van der Waals surface area contributed by atoms with Crippen molar-refractivity contribution in [2.45, 2.75) is 38.8 Å². The third-order valence-corrected chi connectivity index (χ3v) is 5.41. The molecule has 3 rings (SSSR count). The molecule has 28 heavy (non-hydrogen) atoms. The summed E-state index contributed by atoms with van der Waals surface area (Å²) < 4.78 is 5.39. The highest BCUT2D eigenvalue weighted by molar-refractivity contribution is 6.01. The van der Waals surface area contributed by atoms with Gasteiger partial charge in [-0.3, -0.25) is 9.59 Å². The Kier molecular flexibility index (Phi) is 5.99. The van der Waals surface area contributed by atoms with Gasteiger partial charge in [-0.2, -0.15) is 0 Å². The summed E-state index contributed by atoms with van der Waals surface area (Å²) in [5, 5.41) is 12.6. The normalized spacial score (nSPS) is 18.9. The molecule has 0 radical (unpaired) electrons. The fraction of sp³-hybridized carbons (Fsp3) is 0.364. The van der Waals surface area contributed by atoms with Crippen molar-refractivity contribution in [2.24, 2.45) is 0 Å². The summed E-state index contributed by atoms with van der Waals surface area (Å²) in [6.45, 7) is 4.48. The first-order valence-corrected chi connectivity index (χ1v) is 9.38. The van der Waals surface area contributed by atoms with Crippen LogP contribution in [0.5, 0.6) is 0 Å². The van der Waals surface area contributed by atoms with Crippen molar-refractivity contribution in [1.82, 2.24) is 4.90 Å². The monoisotopic (exact) mass is 382 g/mol. The van der Waals surface area contributed by atoms with E-state index in [1.165, 1.54) is 0 Å². The second-order valence-corrected chi connectivity index (χ2v) is 7.22. The Bertz CT molecular complexity index is 881. The lowest BCUT2D eigenvalue weighted by Crippen LogP contribution is -2.37. The zero-order valence-electron chi connectivity index (χ0n) is 16.4. The van der Waals surface area contributed by atoms with Crippen LogP contribution < -0.4 is 5.32 Å². The number of carboxylic acids is 1. The van der Waals surface area contributed by atoms with Crippen LogP contribution in [0, 0.1) is 13.8 Å². The van der Waals surface area contributed by atoms with Crippen LogP contribution >= 0.6 is 0 Å². The highest BCUT2D eigenvalue weighted by Gasteiger charge is 2.37. The van der Waals surface area contributed by atoms with Gasteiger partial charge in [0.25, 0.3) is 5.91 Å². The van der Waals surface area contributed by atoms with Gasteiger partial charge in [0.2, 0.25) is 0 Å². The largest absolute Gasteiger partial charge is 0.481 e. The molecule has 6 heteroatoms. The van der Waals surface area contributed by atoms with E-state index >= 15 is 0 Å². The summed E-state index contributed by atoms with van der Waals surface area (Å²) >= 11 is 0. The van der Waals surface area contributed by atoms with Gasteiger partial charge in [-0.25, -0.2) is 0 Å². The van der Waals surface area contributed by atoms with Crippen molar-refractivity contribution < 1.29 is 19.4 Å². The fourth-order valence-electron chi connectivity index (χ4n) is 3.65. The maximum atomic E-state index is 13.3. The summed E-state index contributed by atoms with van der Waals surface area (Å²) in [6, 6.07) is 13.0. The lowest BCUT2D eigenvalue weighted by atomic mass is 10.1. The third kappa shape index (κ3) is 4.17. The van der Waals surface area contributed by atoms with E-state index in [9.17, 15) is 14.7 Å². The van der Waals surface area contributed by atoms with Crippen molar-refractivity contribution in [3.63, 3.8) is 0 Å². The Hall–Kier alpha value is -2.86. The molecule has 2 aromatic carbocycles. The van der Waals surface area contributed by atoms with E-state index in [-0.39, 0.29) is 24.5 Å². The number of amides is 1. The smallest absolute Gasteiger partial charge is 0.305 e. The number of aryl methyl sites for hydroxylation is 1. The van der Waals surface area contributed by atoms with Gasteiger partial charge >= 0.3 is 5.97 Å². The van der Waals surface area contributed by atoms with Crippen LogP contribution in [-0.4, -0.2) is 47.7 Å². The van der Waals surface area contributed by atoms with E-state index in [2.05, 4.69) is 5.32 Å². The number of hydrogen-bond donors (Lipinski definition) is 2. The Labute approximate surface area is 165 Å².